The van der Waals surface area contributed by atoms with E-state index in [-0.39, 0.29) is 11.4 Å². The van der Waals surface area contributed by atoms with E-state index in [0.717, 1.165) is 27.1 Å². The molecule has 0 unspecified atom stereocenters. The zero-order valence-corrected chi connectivity index (χ0v) is 18.3. The summed E-state index contributed by atoms with van der Waals surface area (Å²) in [6.45, 7) is 0. The number of benzene rings is 4. The summed E-state index contributed by atoms with van der Waals surface area (Å²) in [6, 6.07) is 30.9. The van der Waals surface area contributed by atoms with Crippen molar-refractivity contribution >= 4 is 28.9 Å². The van der Waals surface area contributed by atoms with E-state index in [4.69, 9.17) is 0 Å². The van der Waals surface area contributed by atoms with E-state index in [1.807, 2.05) is 79.1 Å². The number of aliphatic carboxylic acids is 1. The average Bonchev–Trinajstić information content (AvgIpc) is 2.83. The van der Waals surface area contributed by atoms with Crippen LogP contribution in [-0.4, -0.2) is 17.3 Å². The molecule has 4 aromatic carbocycles. The van der Waals surface area contributed by atoms with Crippen molar-refractivity contribution in [1.29, 1.82) is 0 Å². The maximum absolute atomic E-state index is 13.5. The zero-order valence-electron chi connectivity index (χ0n) is 17.5. The summed E-state index contributed by atoms with van der Waals surface area (Å²) in [5.41, 5.74) is 4.55. The van der Waals surface area contributed by atoms with Gasteiger partial charge in [-0.3, -0.25) is 0 Å². The van der Waals surface area contributed by atoms with Crippen LogP contribution < -0.4 is 0 Å². The maximum Gasteiger partial charge on any atom is 0.336 e. The van der Waals surface area contributed by atoms with E-state index in [1.54, 1.807) is 30.0 Å². The first-order valence-electron chi connectivity index (χ1n) is 10.1. The van der Waals surface area contributed by atoms with Gasteiger partial charge in [0.25, 0.3) is 0 Å². The molecule has 0 aliphatic rings. The topological polar surface area (TPSA) is 37.3 Å². The molecule has 0 bridgehead atoms. The number of carboxylic acids is 1. The third kappa shape index (κ3) is 4.51. The van der Waals surface area contributed by atoms with Crippen LogP contribution in [0.3, 0.4) is 0 Å². The molecular formula is C28H21FO2S. The van der Waals surface area contributed by atoms with Crippen molar-refractivity contribution in [3.05, 3.63) is 126 Å². The van der Waals surface area contributed by atoms with Crippen LogP contribution in [0.5, 0.6) is 0 Å². The fraction of sp³-hybridized carbons (Fsp3) is 0.0357. The Morgan fingerprint density at radius 2 is 1.34 bits per heavy atom. The van der Waals surface area contributed by atoms with Crippen molar-refractivity contribution in [2.24, 2.45) is 0 Å². The van der Waals surface area contributed by atoms with Gasteiger partial charge in [0.15, 0.2) is 0 Å². The molecule has 4 heteroatoms. The molecule has 0 aromatic heterocycles. The Balaban J connectivity index is 2.03. The lowest BCUT2D eigenvalue weighted by atomic mass is 9.86. The number of carboxylic acid groups (broad SMARTS) is 1. The minimum absolute atomic E-state index is 0.202. The predicted molar refractivity (Wildman–Crippen MR) is 130 cm³/mol. The first-order valence-corrected chi connectivity index (χ1v) is 11.3. The van der Waals surface area contributed by atoms with E-state index in [2.05, 4.69) is 0 Å². The monoisotopic (exact) mass is 440 g/mol. The Labute approximate surface area is 191 Å². The van der Waals surface area contributed by atoms with Crippen LogP contribution in [-0.2, 0) is 4.79 Å². The molecule has 4 aromatic rings. The van der Waals surface area contributed by atoms with E-state index in [9.17, 15) is 14.3 Å². The van der Waals surface area contributed by atoms with Gasteiger partial charge in [-0.25, -0.2) is 9.18 Å². The second-order valence-electron chi connectivity index (χ2n) is 7.20. The Morgan fingerprint density at radius 3 is 1.97 bits per heavy atom. The van der Waals surface area contributed by atoms with Crippen molar-refractivity contribution < 1.29 is 14.3 Å². The number of halogens is 1. The summed E-state index contributed by atoms with van der Waals surface area (Å²) in [5, 5.41) is 10.4. The molecule has 1 N–H and O–H groups in total. The molecule has 0 radical (unpaired) electrons. The van der Waals surface area contributed by atoms with E-state index >= 15 is 0 Å². The first kappa shape index (κ1) is 21.6. The van der Waals surface area contributed by atoms with Crippen LogP contribution in [0.25, 0.3) is 22.3 Å². The van der Waals surface area contributed by atoms with Gasteiger partial charge >= 0.3 is 5.97 Å². The van der Waals surface area contributed by atoms with E-state index in [0.29, 0.717) is 11.1 Å². The second kappa shape index (κ2) is 9.67. The van der Waals surface area contributed by atoms with Crippen LogP contribution in [0.1, 0.15) is 16.7 Å². The number of thioether (sulfide) groups is 1. The molecule has 2 nitrogen and oxygen atoms in total. The molecule has 0 aliphatic heterocycles. The Hall–Kier alpha value is -3.63. The molecule has 0 saturated heterocycles. The quantitative estimate of drug-likeness (QED) is 0.195. The van der Waals surface area contributed by atoms with Crippen LogP contribution in [0, 0.1) is 5.82 Å². The molecule has 0 fully saturated rings. The molecule has 32 heavy (non-hydrogen) atoms. The summed E-state index contributed by atoms with van der Waals surface area (Å²) in [7, 11) is 0. The molecule has 0 aliphatic carbocycles. The Morgan fingerprint density at radius 1 is 0.750 bits per heavy atom. The number of hydrogen-bond acceptors (Lipinski definition) is 2. The van der Waals surface area contributed by atoms with Crippen molar-refractivity contribution in [1.82, 2.24) is 0 Å². The maximum atomic E-state index is 13.5. The molecule has 158 valence electrons. The van der Waals surface area contributed by atoms with Gasteiger partial charge in [0.05, 0.1) is 5.57 Å². The number of carbonyl (C=O) groups is 1. The summed E-state index contributed by atoms with van der Waals surface area (Å²) in [4.78, 5) is 13.8. The van der Waals surface area contributed by atoms with Gasteiger partial charge in [0.1, 0.15) is 5.82 Å². The standard InChI is InChI=1S/C28H21FO2S/c1-32-23-17-13-21(14-18-23)26(20-7-3-2-4-8-20)27(28(30)31)25-10-6-5-9-24(25)19-11-15-22(29)16-12-19/h2-18H,1H3,(H,30,31). The van der Waals surface area contributed by atoms with Crippen molar-refractivity contribution in [2.45, 2.75) is 4.90 Å². The molecule has 0 amide bonds. The molecule has 0 saturated carbocycles. The molecule has 4 rings (SSSR count). The van der Waals surface area contributed by atoms with E-state index in [1.165, 1.54) is 12.1 Å². The van der Waals surface area contributed by atoms with Crippen molar-refractivity contribution in [2.75, 3.05) is 6.26 Å². The predicted octanol–water partition coefficient (Wildman–Crippen LogP) is 7.26. The summed E-state index contributed by atoms with van der Waals surface area (Å²) < 4.78 is 13.5. The second-order valence-corrected chi connectivity index (χ2v) is 8.08. The lowest BCUT2D eigenvalue weighted by molar-refractivity contribution is -0.130. The van der Waals surface area contributed by atoms with Crippen LogP contribution in [0.2, 0.25) is 0 Å². The fourth-order valence-corrected chi connectivity index (χ4v) is 4.17. The highest BCUT2D eigenvalue weighted by Gasteiger charge is 2.22. The van der Waals surface area contributed by atoms with Crippen LogP contribution in [0.15, 0.2) is 108 Å². The molecule has 0 spiro atoms. The summed E-state index contributed by atoms with van der Waals surface area (Å²) in [5.74, 6) is -1.36. The highest BCUT2D eigenvalue weighted by Crippen LogP contribution is 2.37. The lowest BCUT2D eigenvalue weighted by Crippen LogP contribution is -2.06. The summed E-state index contributed by atoms with van der Waals surface area (Å²) in [6.07, 6.45) is 2.00. The number of hydrogen-bond donors (Lipinski definition) is 1. The Bertz CT molecular complexity index is 1260. The molecule has 0 atom stereocenters. The average molecular weight is 441 g/mol. The highest BCUT2D eigenvalue weighted by atomic mass is 32.2. The van der Waals surface area contributed by atoms with Gasteiger partial charge in [-0.2, -0.15) is 0 Å². The SMILES string of the molecule is CSc1ccc(C(=C(C(=O)O)c2ccccc2-c2ccc(F)cc2)c2ccccc2)cc1. The molecular weight excluding hydrogens is 419 g/mol. The number of rotatable bonds is 6. The summed E-state index contributed by atoms with van der Waals surface area (Å²) >= 11 is 1.63. The minimum Gasteiger partial charge on any atom is -0.478 e. The van der Waals surface area contributed by atoms with Crippen LogP contribution >= 0.6 is 11.8 Å². The fourth-order valence-electron chi connectivity index (χ4n) is 3.76. The zero-order chi connectivity index (χ0) is 22.5. The van der Waals surface area contributed by atoms with Gasteiger partial charge in [0, 0.05) is 10.5 Å². The first-order chi connectivity index (χ1) is 15.6. The largest absolute Gasteiger partial charge is 0.478 e. The van der Waals surface area contributed by atoms with Gasteiger partial charge in [0.2, 0.25) is 0 Å². The third-order valence-electron chi connectivity index (χ3n) is 5.26. The lowest BCUT2D eigenvalue weighted by Gasteiger charge is -2.17. The smallest absolute Gasteiger partial charge is 0.336 e. The van der Waals surface area contributed by atoms with Gasteiger partial charge < -0.3 is 5.11 Å². The highest BCUT2D eigenvalue weighted by molar-refractivity contribution is 7.98. The van der Waals surface area contributed by atoms with E-state index < -0.39 is 5.97 Å². The van der Waals surface area contributed by atoms with Crippen molar-refractivity contribution in [3.63, 3.8) is 0 Å². The van der Waals surface area contributed by atoms with Gasteiger partial charge in [-0.15, -0.1) is 11.8 Å². The van der Waals surface area contributed by atoms with Gasteiger partial charge in [-0.1, -0.05) is 78.9 Å². The van der Waals surface area contributed by atoms with Crippen molar-refractivity contribution in [3.8, 4) is 11.1 Å². The van der Waals surface area contributed by atoms with Crippen LogP contribution in [0.4, 0.5) is 4.39 Å². The molecule has 0 heterocycles. The normalized spacial score (nSPS) is 11.7. The third-order valence-corrected chi connectivity index (χ3v) is 6.00. The Kier molecular flexibility index (Phi) is 6.52. The van der Waals surface area contributed by atoms with Gasteiger partial charge in [-0.05, 0) is 58.3 Å². The minimum atomic E-state index is -1.02.